The molecule has 0 aromatic heterocycles. The summed E-state index contributed by atoms with van der Waals surface area (Å²) >= 11 is 0. The SMILES string of the molecule is CC.CC.CC.CC.CC.CC.c1ccc(-c2cccc(-c3ccccc3)c2)cc1. The van der Waals surface area contributed by atoms with Gasteiger partial charge in [-0.15, -0.1) is 0 Å². The molecule has 0 bridgehead atoms. The maximum atomic E-state index is 2.24. The Bertz CT molecular complexity index is 570. The highest BCUT2D eigenvalue weighted by atomic mass is 14.0. The monoisotopic (exact) mass is 410 g/mol. The van der Waals surface area contributed by atoms with Crippen molar-refractivity contribution in [3.63, 3.8) is 0 Å². The Morgan fingerprint density at radius 2 is 0.500 bits per heavy atom. The molecule has 3 rings (SSSR count). The van der Waals surface area contributed by atoms with E-state index >= 15 is 0 Å². The quantitative estimate of drug-likeness (QED) is 0.394. The molecule has 3 aromatic rings. The smallest absolute Gasteiger partial charge is 0.0178 e. The molecule has 0 heterocycles. The standard InChI is InChI=1S/C18H14.6C2H6/c1-3-8-15(9-4-1)17-12-7-13-18(14-17)16-10-5-2-6-11-16;6*1-2/h1-14H;6*1-2H3. The first-order valence-corrected chi connectivity index (χ1v) is 12.1. The minimum atomic E-state index is 1.26. The lowest BCUT2D eigenvalue weighted by Gasteiger charge is -2.05. The molecule has 170 valence electrons. The van der Waals surface area contributed by atoms with Crippen molar-refractivity contribution in [2.75, 3.05) is 0 Å². The van der Waals surface area contributed by atoms with E-state index in [2.05, 4.69) is 72.8 Å². The Kier molecular flexibility index (Phi) is 36.7. The summed E-state index contributed by atoms with van der Waals surface area (Å²) < 4.78 is 0. The first kappa shape index (κ1) is 35.1. The molecule has 0 radical (unpaired) electrons. The minimum Gasteiger partial charge on any atom is -0.0683 e. The molecule has 0 aliphatic rings. The number of benzene rings is 3. The fourth-order valence-electron chi connectivity index (χ4n) is 2.14. The molecule has 0 saturated carbocycles. The molecule has 0 N–H and O–H groups in total. The molecule has 0 unspecified atom stereocenters. The summed E-state index contributed by atoms with van der Waals surface area (Å²) in [6.07, 6.45) is 0. The third-order valence-electron chi connectivity index (χ3n) is 3.08. The van der Waals surface area contributed by atoms with E-state index in [0.717, 1.165) is 0 Å². The zero-order valence-corrected chi connectivity index (χ0v) is 22.1. The summed E-state index contributed by atoms with van der Waals surface area (Å²) in [5, 5.41) is 0. The van der Waals surface area contributed by atoms with Crippen LogP contribution in [0.25, 0.3) is 22.3 Å². The van der Waals surface area contributed by atoms with Gasteiger partial charge in [0.2, 0.25) is 0 Å². The number of rotatable bonds is 2. The second-order valence-corrected chi connectivity index (χ2v) is 4.31. The summed E-state index contributed by atoms with van der Waals surface area (Å²) in [7, 11) is 0. The highest BCUT2D eigenvalue weighted by Crippen LogP contribution is 2.25. The second-order valence-electron chi connectivity index (χ2n) is 4.31. The maximum absolute atomic E-state index is 2.24. The van der Waals surface area contributed by atoms with Gasteiger partial charge in [-0.1, -0.05) is 162 Å². The van der Waals surface area contributed by atoms with Crippen LogP contribution in [-0.4, -0.2) is 0 Å². The van der Waals surface area contributed by atoms with Gasteiger partial charge in [-0.25, -0.2) is 0 Å². The minimum absolute atomic E-state index is 1.26. The van der Waals surface area contributed by atoms with Crippen molar-refractivity contribution < 1.29 is 0 Å². The summed E-state index contributed by atoms with van der Waals surface area (Å²) in [4.78, 5) is 0. The molecule has 0 spiro atoms. The van der Waals surface area contributed by atoms with Crippen LogP contribution in [0.3, 0.4) is 0 Å². The van der Waals surface area contributed by atoms with Crippen LogP contribution in [-0.2, 0) is 0 Å². The van der Waals surface area contributed by atoms with Gasteiger partial charge in [0.15, 0.2) is 0 Å². The number of hydrogen-bond acceptors (Lipinski definition) is 0. The average Bonchev–Trinajstić information content (AvgIpc) is 2.92. The van der Waals surface area contributed by atoms with Gasteiger partial charge >= 0.3 is 0 Å². The van der Waals surface area contributed by atoms with Gasteiger partial charge in [0.25, 0.3) is 0 Å². The van der Waals surface area contributed by atoms with Gasteiger partial charge in [0, 0.05) is 0 Å². The normalized spacial score (nSPS) is 7.33. The second kappa shape index (κ2) is 31.4. The van der Waals surface area contributed by atoms with E-state index in [1.165, 1.54) is 22.3 Å². The molecule has 0 atom stereocenters. The molecule has 0 saturated heterocycles. The summed E-state index contributed by atoms with van der Waals surface area (Å²) in [5.41, 5.74) is 5.04. The fraction of sp³-hybridized carbons (Fsp3) is 0.400. The molecule has 3 aromatic carbocycles. The third-order valence-corrected chi connectivity index (χ3v) is 3.08. The van der Waals surface area contributed by atoms with Crippen LogP contribution in [0.4, 0.5) is 0 Å². The van der Waals surface area contributed by atoms with Crippen molar-refractivity contribution in [2.24, 2.45) is 0 Å². The van der Waals surface area contributed by atoms with Crippen LogP contribution in [0.5, 0.6) is 0 Å². The fourth-order valence-corrected chi connectivity index (χ4v) is 2.14. The van der Waals surface area contributed by atoms with E-state index in [1.807, 2.05) is 95.2 Å². The molecule has 0 aliphatic heterocycles. The van der Waals surface area contributed by atoms with E-state index in [4.69, 9.17) is 0 Å². The third kappa shape index (κ3) is 15.6. The highest BCUT2D eigenvalue weighted by Gasteiger charge is 2.00. The molecule has 0 heteroatoms. The highest BCUT2D eigenvalue weighted by molar-refractivity contribution is 5.72. The van der Waals surface area contributed by atoms with Gasteiger partial charge in [0.1, 0.15) is 0 Å². The lowest BCUT2D eigenvalue weighted by Crippen LogP contribution is -1.80. The first-order valence-electron chi connectivity index (χ1n) is 12.1. The van der Waals surface area contributed by atoms with Gasteiger partial charge < -0.3 is 0 Å². The first-order chi connectivity index (χ1) is 14.9. The molecular weight excluding hydrogens is 360 g/mol. The Balaban J connectivity index is -0.000000245. The molecule has 0 amide bonds. The van der Waals surface area contributed by atoms with E-state index in [1.54, 1.807) is 0 Å². The van der Waals surface area contributed by atoms with Gasteiger partial charge in [0.05, 0.1) is 0 Å². The molecule has 0 fully saturated rings. The Morgan fingerprint density at radius 3 is 0.767 bits per heavy atom. The van der Waals surface area contributed by atoms with Gasteiger partial charge in [-0.2, -0.15) is 0 Å². The van der Waals surface area contributed by atoms with E-state index < -0.39 is 0 Å². The lowest BCUT2D eigenvalue weighted by atomic mass is 9.99. The molecular formula is C30H50. The topological polar surface area (TPSA) is 0 Å². The van der Waals surface area contributed by atoms with Crippen LogP contribution in [0.2, 0.25) is 0 Å². The van der Waals surface area contributed by atoms with Gasteiger partial charge in [-0.3, -0.25) is 0 Å². The summed E-state index contributed by atoms with van der Waals surface area (Å²) in [5.74, 6) is 0. The predicted molar refractivity (Wildman–Crippen MR) is 145 cm³/mol. The van der Waals surface area contributed by atoms with Crippen LogP contribution >= 0.6 is 0 Å². The van der Waals surface area contributed by atoms with Crippen LogP contribution in [0.15, 0.2) is 84.9 Å². The van der Waals surface area contributed by atoms with Crippen molar-refractivity contribution in [1.82, 2.24) is 0 Å². The van der Waals surface area contributed by atoms with Crippen molar-refractivity contribution in [3.8, 4) is 22.3 Å². The van der Waals surface area contributed by atoms with Crippen LogP contribution in [0.1, 0.15) is 83.1 Å². The number of hydrogen-bond donors (Lipinski definition) is 0. The van der Waals surface area contributed by atoms with Crippen LogP contribution in [0, 0.1) is 0 Å². The predicted octanol–water partition coefficient (Wildman–Crippen LogP) is 11.2. The van der Waals surface area contributed by atoms with Crippen molar-refractivity contribution >= 4 is 0 Å². The maximum Gasteiger partial charge on any atom is -0.0178 e. The Labute approximate surface area is 190 Å². The summed E-state index contributed by atoms with van der Waals surface area (Å²) in [6.45, 7) is 24.0. The van der Waals surface area contributed by atoms with Crippen LogP contribution < -0.4 is 0 Å². The molecule has 30 heavy (non-hydrogen) atoms. The van der Waals surface area contributed by atoms with Gasteiger partial charge in [-0.05, 0) is 28.3 Å². The largest absolute Gasteiger partial charge is 0.0683 e. The van der Waals surface area contributed by atoms with Crippen molar-refractivity contribution in [3.05, 3.63) is 84.9 Å². The Hall–Kier alpha value is -2.34. The molecule has 0 aliphatic carbocycles. The average molecular weight is 411 g/mol. The molecule has 0 nitrogen and oxygen atoms in total. The van der Waals surface area contributed by atoms with E-state index in [0.29, 0.717) is 0 Å². The Morgan fingerprint density at radius 1 is 0.267 bits per heavy atom. The zero-order chi connectivity index (χ0) is 24.2. The van der Waals surface area contributed by atoms with Crippen molar-refractivity contribution in [1.29, 1.82) is 0 Å². The lowest BCUT2D eigenvalue weighted by molar-refractivity contribution is 1.50. The van der Waals surface area contributed by atoms with E-state index in [-0.39, 0.29) is 0 Å². The van der Waals surface area contributed by atoms with Crippen molar-refractivity contribution in [2.45, 2.75) is 83.1 Å². The van der Waals surface area contributed by atoms with E-state index in [9.17, 15) is 0 Å². The zero-order valence-electron chi connectivity index (χ0n) is 22.1. The summed E-state index contributed by atoms with van der Waals surface area (Å²) in [6, 6.07) is 29.6.